The van der Waals surface area contributed by atoms with E-state index in [2.05, 4.69) is 40.3 Å². The minimum Gasteiger partial charge on any atom is -0.496 e. The van der Waals surface area contributed by atoms with Crippen molar-refractivity contribution in [2.24, 2.45) is 5.92 Å². The van der Waals surface area contributed by atoms with Gasteiger partial charge in [-0.2, -0.15) is 0 Å². The molecule has 94 valence electrons. The predicted molar refractivity (Wildman–Crippen MR) is 74.7 cm³/mol. The van der Waals surface area contributed by atoms with Crippen LogP contribution in [-0.2, 0) is 6.42 Å². The minimum atomic E-state index is 0.782. The summed E-state index contributed by atoms with van der Waals surface area (Å²) in [6, 6.07) is 4.31. The number of hydrogen-bond donors (Lipinski definition) is 1. The number of nitrogens with one attached hydrogen (secondary N) is 1. The van der Waals surface area contributed by atoms with E-state index in [0.29, 0.717) is 0 Å². The fraction of sp³-hybridized carbons (Fsp3) is 0.571. The van der Waals surface area contributed by atoms with E-state index in [1.54, 1.807) is 7.11 Å². The van der Waals surface area contributed by atoms with Gasteiger partial charge in [-0.05, 0) is 62.9 Å². The highest BCUT2D eigenvalue weighted by molar-refractivity contribution is 9.10. The Bertz CT molecular complexity index is 386. The summed E-state index contributed by atoms with van der Waals surface area (Å²) in [4.78, 5) is 0. The first-order valence-electron chi connectivity index (χ1n) is 6.24. The number of piperidine rings is 1. The van der Waals surface area contributed by atoms with Crippen molar-refractivity contribution < 1.29 is 4.74 Å². The van der Waals surface area contributed by atoms with E-state index >= 15 is 0 Å². The lowest BCUT2D eigenvalue weighted by molar-refractivity contribution is 0.360. The van der Waals surface area contributed by atoms with Crippen LogP contribution in [0.4, 0.5) is 0 Å². The highest BCUT2D eigenvalue weighted by atomic mass is 79.9. The molecule has 0 aliphatic carbocycles. The molecule has 0 saturated carbocycles. The van der Waals surface area contributed by atoms with E-state index in [-0.39, 0.29) is 0 Å². The van der Waals surface area contributed by atoms with Gasteiger partial charge in [0.25, 0.3) is 0 Å². The molecule has 1 saturated heterocycles. The second-order valence-corrected chi connectivity index (χ2v) is 5.68. The van der Waals surface area contributed by atoms with Gasteiger partial charge in [-0.15, -0.1) is 0 Å². The Hall–Kier alpha value is -0.540. The summed E-state index contributed by atoms with van der Waals surface area (Å²) in [6.45, 7) is 4.40. The van der Waals surface area contributed by atoms with Gasteiger partial charge in [0, 0.05) is 10.0 Å². The van der Waals surface area contributed by atoms with Crippen LogP contribution in [0.5, 0.6) is 5.75 Å². The van der Waals surface area contributed by atoms with E-state index in [9.17, 15) is 0 Å². The second kappa shape index (κ2) is 5.87. The third-order valence-corrected chi connectivity index (χ3v) is 4.18. The van der Waals surface area contributed by atoms with Gasteiger partial charge in [-0.25, -0.2) is 0 Å². The summed E-state index contributed by atoms with van der Waals surface area (Å²) < 4.78 is 6.69. The van der Waals surface area contributed by atoms with Gasteiger partial charge < -0.3 is 10.1 Å². The molecular formula is C14H20BrNO. The van der Waals surface area contributed by atoms with Crippen molar-refractivity contribution in [2.75, 3.05) is 20.2 Å². The van der Waals surface area contributed by atoms with Crippen LogP contribution in [0, 0.1) is 12.8 Å². The molecule has 1 aliphatic rings. The number of aryl methyl sites for hydroxylation is 1. The summed E-state index contributed by atoms with van der Waals surface area (Å²) >= 11 is 3.67. The van der Waals surface area contributed by atoms with Gasteiger partial charge in [0.2, 0.25) is 0 Å². The summed E-state index contributed by atoms with van der Waals surface area (Å²) in [5.41, 5.74) is 2.56. The molecular weight excluding hydrogens is 278 g/mol. The lowest BCUT2D eigenvalue weighted by atomic mass is 9.90. The normalized spacial score (nSPS) is 17.1. The maximum absolute atomic E-state index is 5.50. The smallest absolute Gasteiger partial charge is 0.123 e. The highest BCUT2D eigenvalue weighted by Gasteiger charge is 2.17. The van der Waals surface area contributed by atoms with Crippen molar-refractivity contribution in [3.8, 4) is 5.75 Å². The zero-order valence-electron chi connectivity index (χ0n) is 10.6. The van der Waals surface area contributed by atoms with Crippen LogP contribution in [0.1, 0.15) is 24.0 Å². The van der Waals surface area contributed by atoms with Crippen molar-refractivity contribution >= 4 is 15.9 Å². The van der Waals surface area contributed by atoms with Crippen molar-refractivity contribution in [1.29, 1.82) is 0 Å². The minimum absolute atomic E-state index is 0.782. The Balaban J connectivity index is 2.18. The average molecular weight is 298 g/mol. The number of ether oxygens (including phenoxy) is 1. The highest BCUT2D eigenvalue weighted by Crippen LogP contribution is 2.32. The average Bonchev–Trinajstić information content (AvgIpc) is 2.33. The fourth-order valence-electron chi connectivity index (χ4n) is 2.49. The number of methoxy groups -OCH3 is 1. The van der Waals surface area contributed by atoms with Crippen LogP contribution in [0.3, 0.4) is 0 Å². The Morgan fingerprint density at radius 3 is 2.71 bits per heavy atom. The van der Waals surface area contributed by atoms with E-state index in [0.717, 1.165) is 31.2 Å². The van der Waals surface area contributed by atoms with Crippen LogP contribution in [0.25, 0.3) is 0 Å². The second-order valence-electron chi connectivity index (χ2n) is 4.83. The van der Waals surface area contributed by atoms with E-state index < -0.39 is 0 Å². The molecule has 3 heteroatoms. The molecule has 1 fully saturated rings. The SMILES string of the molecule is COc1cc(C)cc(Br)c1CC1CCNCC1. The van der Waals surface area contributed by atoms with Crippen LogP contribution in [0.2, 0.25) is 0 Å². The third kappa shape index (κ3) is 3.23. The molecule has 0 unspecified atom stereocenters. The van der Waals surface area contributed by atoms with Gasteiger partial charge in [0.15, 0.2) is 0 Å². The van der Waals surface area contributed by atoms with Gasteiger partial charge in [-0.1, -0.05) is 15.9 Å². The number of hydrogen-bond acceptors (Lipinski definition) is 2. The standard InChI is InChI=1S/C14H20BrNO/c1-10-7-13(15)12(14(8-10)17-2)9-11-3-5-16-6-4-11/h7-8,11,16H,3-6,9H2,1-2H3. The Morgan fingerprint density at radius 2 is 2.06 bits per heavy atom. The molecule has 1 heterocycles. The maximum Gasteiger partial charge on any atom is 0.123 e. The molecule has 17 heavy (non-hydrogen) atoms. The van der Waals surface area contributed by atoms with Gasteiger partial charge in [-0.3, -0.25) is 0 Å². The maximum atomic E-state index is 5.50. The summed E-state index contributed by atoms with van der Waals surface area (Å²) in [5.74, 6) is 1.81. The quantitative estimate of drug-likeness (QED) is 0.924. The first-order valence-corrected chi connectivity index (χ1v) is 7.03. The van der Waals surface area contributed by atoms with Crippen LogP contribution in [-0.4, -0.2) is 20.2 Å². The molecule has 1 N–H and O–H groups in total. The summed E-state index contributed by atoms with van der Waals surface area (Å²) in [6.07, 6.45) is 3.65. The zero-order valence-corrected chi connectivity index (χ0v) is 12.1. The predicted octanol–water partition coefficient (Wildman–Crippen LogP) is 3.31. The van der Waals surface area contributed by atoms with Gasteiger partial charge in [0.05, 0.1) is 7.11 Å². The lowest BCUT2D eigenvalue weighted by Crippen LogP contribution is -2.28. The van der Waals surface area contributed by atoms with E-state index in [4.69, 9.17) is 4.74 Å². The van der Waals surface area contributed by atoms with Crippen molar-refractivity contribution in [1.82, 2.24) is 5.32 Å². The van der Waals surface area contributed by atoms with E-state index in [1.165, 1.54) is 28.4 Å². The molecule has 0 bridgehead atoms. The first-order chi connectivity index (χ1) is 8.20. The molecule has 0 spiro atoms. The Morgan fingerprint density at radius 1 is 1.35 bits per heavy atom. The molecule has 1 aromatic carbocycles. The molecule has 0 radical (unpaired) electrons. The number of rotatable bonds is 3. The van der Waals surface area contributed by atoms with Crippen LogP contribution in [0.15, 0.2) is 16.6 Å². The molecule has 2 rings (SSSR count). The van der Waals surface area contributed by atoms with Gasteiger partial charge >= 0.3 is 0 Å². The van der Waals surface area contributed by atoms with Crippen molar-refractivity contribution in [2.45, 2.75) is 26.2 Å². The monoisotopic (exact) mass is 297 g/mol. The number of halogens is 1. The Labute approximate surface area is 112 Å². The van der Waals surface area contributed by atoms with Crippen LogP contribution < -0.4 is 10.1 Å². The summed E-state index contributed by atoms with van der Waals surface area (Å²) in [7, 11) is 1.76. The molecule has 1 aromatic rings. The van der Waals surface area contributed by atoms with Crippen molar-refractivity contribution in [3.63, 3.8) is 0 Å². The molecule has 2 nitrogen and oxygen atoms in total. The molecule has 1 aliphatic heterocycles. The lowest BCUT2D eigenvalue weighted by Gasteiger charge is -2.24. The zero-order chi connectivity index (χ0) is 12.3. The molecule has 0 aromatic heterocycles. The molecule has 0 atom stereocenters. The van der Waals surface area contributed by atoms with Crippen LogP contribution >= 0.6 is 15.9 Å². The topological polar surface area (TPSA) is 21.3 Å². The van der Waals surface area contributed by atoms with E-state index in [1.807, 2.05) is 0 Å². The fourth-order valence-corrected chi connectivity index (χ4v) is 3.21. The summed E-state index contributed by atoms with van der Waals surface area (Å²) in [5, 5.41) is 3.41. The Kier molecular flexibility index (Phi) is 4.46. The van der Waals surface area contributed by atoms with Gasteiger partial charge in [0.1, 0.15) is 5.75 Å². The third-order valence-electron chi connectivity index (χ3n) is 3.47. The molecule has 0 amide bonds. The largest absolute Gasteiger partial charge is 0.496 e. The number of benzene rings is 1. The van der Waals surface area contributed by atoms with Crippen molar-refractivity contribution in [3.05, 3.63) is 27.7 Å². The first kappa shape index (κ1) is 12.9.